The van der Waals surface area contributed by atoms with Crippen molar-refractivity contribution in [3.63, 3.8) is 0 Å². The van der Waals surface area contributed by atoms with E-state index in [1.54, 1.807) is 23.1 Å². The Balaban J connectivity index is 1.62. The maximum Gasteiger partial charge on any atom is 0.261 e. The summed E-state index contributed by atoms with van der Waals surface area (Å²) in [5.74, 6) is -0.0713. The molecule has 0 aromatic heterocycles. The Morgan fingerprint density at radius 3 is 2.27 bits per heavy atom. The van der Waals surface area contributed by atoms with Gasteiger partial charge in [0.25, 0.3) is 15.9 Å². The highest BCUT2D eigenvalue weighted by molar-refractivity contribution is 7.92. The molecule has 6 heteroatoms. The normalized spacial score (nSPS) is 13.2. The molecule has 1 amide bonds. The average Bonchev–Trinajstić information content (AvgIpc) is 3.14. The minimum Gasteiger partial charge on any atom is -0.308 e. The molecule has 1 aliphatic heterocycles. The van der Waals surface area contributed by atoms with Gasteiger partial charge in [0.15, 0.2) is 0 Å². The molecule has 0 fully saturated rings. The third-order valence-corrected chi connectivity index (χ3v) is 6.87. The standard InChI is InChI=1S/C24H24N2O3S/c1-16-7-9-19(10-8-16)24(27)26-14-13-20-15-21(11-12-22(20)26)30(28,29)25-23-17(2)5-4-6-18(23)3/h4-12,15,25H,13-14H2,1-3H3. The number of amides is 1. The summed E-state index contributed by atoms with van der Waals surface area (Å²) in [6.07, 6.45) is 0.625. The van der Waals surface area contributed by atoms with Crippen molar-refractivity contribution in [2.24, 2.45) is 0 Å². The minimum absolute atomic E-state index is 0.0713. The number of nitrogens with zero attached hydrogens (tertiary/aromatic N) is 1. The van der Waals surface area contributed by atoms with E-state index in [9.17, 15) is 13.2 Å². The highest BCUT2D eigenvalue weighted by Gasteiger charge is 2.27. The predicted molar refractivity (Wildman–Crippen MR) is 120 cm³/mol. The van der Waals surface area contributed by atoms with E-state index in [1.807, 2.05) is 63.2 Å². The number of sulfonamides is 1. The van der Waals surface area contributed by atoms with Gasteiger partial charge in [-0.05, 0) is 74.2 Å². The van der Waals surface area contributed by atoms with Crippen molar-refractivity contribution in [2.75, 3.05) is 16.2 Å². The van der Waals surface area contributed by atoms with Crippen LogP contribution >= 0.6 is 0 Å². The van der Waals surface area contributed by atoms with Gasteiger partial charge in [-0.25, -0.2) is 8.42 Å². The van der Waals surface area contributed by atoms with Gasteiger partial charge in [-0.1, -0.05) is 35.9 Å². The molecule has 0 saturated carbocycles. The summed E-state index contributed by atoms with van der Waals surface area (Å²) in [4.78, 5) is 14.8. The van der Waals surface area contributed by atoms with E-state index in [0.717, 1.165) is 27.9 Å². The number of aryl methyl sites for hydroxylation is 3. The molecule has 3 aromatic carbocycles. The predicted octanol–water partition coefficient (Wildman–Crippen LogP) is 4.62. The Kier molecular flexibility index (Phi) is 5.12. The lowest BCUT2D eigenvalue weighted by Gasteiger charge is -2.18. The number of benzene rings is 3. The monoisotopic (exact) mass is 420 g/mol. The molecule has 0 atom stereocenters. The first-order valence-corrected chi connectivity index (χ1v) is 11.3. The molecular weight excluding hydrogens is 396 g/mol. The van der Waals surface area contributed by atoms with Gasteiger partial charge in [0, 0.05) is 17.8 Å². The Labute approximate surface area is 177 Å². The van der Waals surface area contributed by atoms with Crippen LogP contribution in [0, 0.1) is 20.8 Å². The van der Waals surface area contributed by atoms with E-state index >= 15 is 0 Å². The van der Waals surface area contributed by atoms with Gasteiger partial charge in [-0.15, -0.1) is 0 Å². The fraction of sp³-hybridized carbons (Fsp3) is 0.208. The second-order valence-electron chi connectivity index (χ2n) is 7.74. The molecule has 4 rings (SSSR count). The van der Waals surface area contributed by atoms with E-state index in [1.165, 1.54) is 0 Å². The van der Waals surface area contributed by atoms with Gasteiger partial charge in [-0.3, -0.25) is 9.52 Å². The lowest BCUT2D eigenvalue weighted by molar-refractivity contribution is 0.0989. The summed E-state index contributed by atoms with van der Waals surface area (Å²) in [6.45, 7) is 6.27. The molecule has 1 aliphatic rings. The van der Waals surface area contributed by atoms with E-state index < -0.39 is 10.0 Å². The van der Waals surface area contributed by atoms with Crippen LogP contribution in [0.25, 0.3) is 0 Å². The second kappa shape index (κ2) is 7.61. The molecule has 0 spiro atoms. The van der Waals surface area contributed by atoms with Crippen LogP contribution in [0.5, 0.6) is 0 Å². The lowest BCUT2D eigenvalue weighted by atomic mass is 10.1. The number of para-hydroxylation sites is 1. The molecule has 30 heavy (non-hydrogen) atoms. The zero-order valence-corrected chi connectivity index (χ0v) is 18.1. The minimum atomic E-state index is -3.73. The van der Waals surface area contributed by atoms with Gasteiger partial charge >= 0.3 is 0 Å². The number of nitrogens with one attached hydrogen (secondary N) is 1. The first kappa shape index (κ1) is 20.2. The summed E-state index contributed by atoms with van der Waals surface area (Å²) in [7, 11) is -3.73. The summed E-state index contributed by atoms with van der Waals surface area (Å²) >= 11 is 0. The highest BCUT2D eigenvalue weighted by Crippen LogP contribution is 2.32. The van der Waals surface area contributed by atoms with Crippen LogP contribution in [0.2, 0.25) is 0 Å². The smallest absolute Gasteiger partial charge is 0.261 e. The molecule has 0 saturated heterocycles. The van der Waals surface area contributed by atoms with E-state index in [4.69, 9.17) is 0 Å². The zero-order valence-electron chi connectivity index (χ0n) is 17.3. The van der Waals surface area contributed by atoms with Crippen LogP contribution in [0.15, 0.2) is 65.6 Å². The third kappa shape index (κ3) is 3.71. The maximum absolute atomic E-state index is 13.0. The summed E-state index contributed by atoms with van der Waals surface area (Å²) in [5.41, 5.74) is 5.70. The molecule has 3 aromatic rings. The molecule has 1 heterocycles. The Morgan fingerprint density at radius 2 is 1.60 bits per heavy atom. The average molecular weight is 421 g/mol. The number of anilines is 2. The van der Waals surface area contributed by atoms with Gasteiger partial charge in [-0.2, -0.15) is 0 Å². The molecule has 5 nitrogen and oxygen atoms in total. The number of hydrogen-bond acceptors (Lipinski definition) is 3. The molecule has 0 bridgehead atoms. The van der Waals surface area contributed by atoms with Crippen molar-refractivity contribution in [3.05, 3.63) is 88.5 Å². The van der Waals surface area contributed by atoms with Crippen LogP contribution in [-0.4, -0.2) is 20.9 Å². The number of fused-ring (bicyclic) bond motifs is 1. The van der Waals surface area contributed by atoms with Crippen molar-refractivity contribution in [1.29, 1.82) is 0 Å². The number of rotatable bonds is 4. The van der Waals surface area contributed by atoms with Crippen molar-refractivity contribution < 1.29 is 13.2 Å². The molecule has 0 unspecified atom stereocenters. The van der Waals surface area contributed by atoms with Crippen LogP contribution in [-0.2, 0) is 16.4 Å². The second-order valence-corrected chi connectivity index (χ2v) is 9.42. The zero-order chi connectivity index (χ0) is 21.5. The van der Waals surface area contributed by atoms with Gasteiger partial charge < -0.3 is 4.90 Å². The van der Waals surface area contributed by atoms with Crippen LogP contribution < -0.4 is 9.62 Å². The first-order valence-electron chi connectivity index (χ1n) is 9.87. The van der Waals surface area contributed by atoms with Crippen LogP contribution in [0.4, 0.5) is 11.4 Å². The molecule has 0 radical (unpaired) electrons. The van der Waals surface area contributed by atoms with Crippen molar-refractivity contribution in [3.8, 4) is 0 Å². The molecule has 1 N–H and O–H groups in total. The lowest BCUT2D eigenvalue weighted by Crippen LogP contribution is -2.28. The van der Waals surface area contributed by atoms with E-state index in [2.05, 4.69) is 4.72 Å². The van der Waals surface area contributed by atoms with Crippen molar-refractivity contribution in [2.45, 2.75) is 32.1 Å². The SMILES string of the molecule is Cc1ccc(C(=O)N2CCc3cc(S(=O)(=O)Nc4c(C)cccc4C)ccc32)cc1. The molecule has 154 valence electrons. The first-order chi connectivity index (χ1) is 14.3. The Morgan fingerprint density at radius 1 is 0.933 bits per heavy atom. The van der Waals surface area contributed by atoms with Crippen LogP contribution in [0.3, 0.4) is 0 Å². The third-order valence-electron chi connectivity index (χ3n) is 5.52. The Hall–Kier alpha value is -3.12. The van der Waals surface area contributed by atoms with Gasteiger partial charge in [0.2, 0.25) is 0 Å². The van der Waals surface area contributed by atoms with Gasteiger partial charge in [0.1, 0.15) is 0 Å². The topological polar surface area (TPSA) is 66.5 Å². The summed E-state index contributed by atoms with van der Waals surface area (Å²) < 4.78 is 28.7. The maximum atomic E-state index is 13.0. The fourth-order valence-corrected chi connectivity index (χ4v) is 5.03. The quantitative estimate of drug-likeness (QED) is 0.670. The number of carbonyl (C=O) groups is 1. The van der Waals surface area contributed by atoms with Crippen molar-refractivity contribution >= 4 is 27.3 Å². The van der Waals surface area contributed by atoms with E-state index in [-0.39, 0.29) is 10.8 Å². The van der Waals surface area contributed by atoms with Gasteiger partial charge in [0.05, 0.1) is 10.6 Å². The Bertz CT molecular complexity index is 1210. The number of hydrogen-bond donors (Lipinski definition) is 1. The molecular formula is C24H24N2O3S. The van der Waals surface area contributed by atoms with Crippen LogP contribution in [0.1, 0.15) is 32.6 Å². The fourth-order valence-electron chi connectivity index (χ4n) is 3.78. The largest absolute Gasteiger partial charge is 0.308 e. The summed E-state index contributed by atoms with van der Waals surface area (Å²) in [5, 5.41) is 0. The number of carbonyl (C=O) groups excluding carboxylic acids is 1. The summed E-state index contributed by atoms with van der Waals surface area (Å²) in [6, 6.07) is 18.1. The highest BCUT2D eigenvalue weighted by atomic mass is 32.2. The van der Waals surface area contributed by atoms with E-state index in [0.29, 0.717) is 24.2 Å². The van der Waals surface area contributed by atoms with Crippen molar-refractivity contribution in [1.82, 2.24) is 0 Å². The molecule has 0 aliphatic carbocycles.